The second-order valence-corrected chi connectivity index (χ2v) is 3.22. The van der Waals surface area contributed by atoms with Gasteiger partial charge in [0.1, 0.15) is 0 Å². The number of methoxy groups -OCH3 is 1. The van der Waals surface area contributed by atoms with Crippen LogP contribution >= 0.6 is 0 Å². The average Bonchev–Trinajstić information content (AvgIpc) is 2.34. The first-order valence-electron chi connectivity index (χ1n) is 5.05. The minimum Gasteiger partial charge on any atom is -0.465 e. The molecule has 1 aromatic rings. The number of rotatable bonds is 4. The summed E-state index contributed by atoms with van der Waals surface area (Å²) in [4.78, 5) is 11.2. The van der Waals surface area contributed by atoms with E-state index in [1.807, 2.05) is 19.1 Å². The van der Waals surface area contributed by atoms with Crippen molar-refractivity contribution < 1.29 is 9.53 Å². The van der Waals surface area contributed by atoms with Crippen molar-refractivity contribution in [2.75, 3.05) is 13.7 Å². The summed E-state index contributed by atoms with van der Waals surface area (Å²) in [6.45, 7) is 3.23. The second kappa shape index (κ2) is 6.65. The molecule has 1 N–H and O–H groups in total. The normalized spacial score (nSPS) is 9.12. The summed E-state index contributed by atoms with van der Waals surface area (Å²) in [7, 11) is 1.38. The van der Waals surface area contributed by atoms with Gasteiger partial charge < -0.3 is 10.1 Å². The zero-order valence-electron chi connectivity index (χ0n) is 9.54. The Balaban J connectivity index is 2.50. The summed E-state index contributed by atoms with van der Waals surface area (Å²) in [6.07, 6.45) is 0. The van der Waals surface area contributed by atoms with E-state index in [0.29, 0.717) is 12.1 Å². The average molecular weight is 217 g/mol. The third-order valence-corrected chi connectivity index (χ3v) is 2.09. The Kier molecular flexibility index (Phi) is 5.10. The number of carbonyl (C=O) groups is 1. The number of carbonyl (C=O) groups excluding carboxylic acids is 1. The molecule has 0 aliphatic heterocycles. The molecule has 3 heteroatoms. The van der Waals surface area contributed by atoms with Crippen molar-refractivity contribution in [3.63, 3.8) is 0 Å². The topological polar surface area (TPSA) is 38.3 Å². The van der Waals surface area contributed by atoms with Crippen LogP contribution in [0.25, 0.3) is 0 Å². The maximum atomic E-state index is 11.2. The molecule has 0 heterocycles. The van der Waals surface area contributed by atoms with Crippen molar-refractivity contribution in [2.45, 2.75) is 13.5 Å². The second-order valence-electron chi connectivity index (χ2n) is 3.22. The predicted octanol–water partition coefficient (Wildman–Crippen LogP) is 1.59. The molecule has 0 aliphatic carbocycles. The van der Waals surface area contributed by atoms with E-state index in [0.717, 1.165) is 12.1 Å². The van der Waals surface area contributed by atoms with Gasteiger partial charge in [-0.3, -0.25) is 0 Å². The Labute approximate surface area is 95.8 Å². The van der Waals surface area contributed by atoms with Crippen LogP contribution in [-0.4, -0.2) is 19.6 Å². The zero-order chi connectivity index (χ0) is 11.8. The molecule has 84 valence electrons. The number of hydrogen-bond acceptors (Lipinski definition) is 3. The van der Waals surface area contributed by atoms with Gasteiger partial charge in [0.15, 0.2) is 0 Å². The summed E-state index contributed by atoms with van der Waals surface area (Å²) in [5.74, 6) is 5.43. The monoisotopic (exact) mass is 217 g/mol. The van der Waals surface area contributed by atoms with Gasteiger partial charge in [-0.05, 0) is 24.6 Å². The molecule has 0 aliphatic rings. The van der Waals surface area contributed by atoms with Crippen LogP contribution in [0, 0.1) is 11.8 Å². The minimum atomic E-state index is -0.309. The lowest BCUT2D eigenvalue weighted by atomic mass is 10.1. The smallest absolute Gasteiger partial charge is 0.337 e. The minimum absolute atomic E-state index is 0.309. The summed E-state index contributed by atoms with van der Waals surface area (Å²) in [5.41, 5.74) is 1.69. The van der Waals surface area contributed by atoms with Gasteiger partial charge in [-0.15, -0.1) is 5.92 Å². The fraction of sp³-hybridized carbons (Fsp3) is 0.308. The van der Waals surface area contributed by atoms with Gasteiger partial charge in [0.25, 0.3) is 0 Å². The largest absolute Gasteiger partial charge is 0.465 e. The van der Waals surface area contributed by atoms with E-state index in [-0.39, 0.29) is 5.97 Å². The number of hydrogen-bond donors (Lipinski definition) is 1. The molecule has 0 bridgehead atoms. The first-order chi connectivity index (χ1) is 7.77. The first-order valence-corrected chi connectivity index (χ1v) is 5.05. The number of nitrogens with one attached hydrogen (secondary N) is 1. The molecule has 0 radical (unpaired) electrons. The summed E-state index contributed by atoms with van der Waals surface area (Å²) in [6, 6.07) is 7.32. The van der Waals surface area contributed by atoms with E-state index in [2.05, 4.69) is 21.9 Å². The van der Waals surface area contributed by atoms with E-state index < -0.39 is 0 Å². The standard InChI is InChI=1S/C13H15NO2/c1-3-4-9-14-10-11-5-7-12(8-6-11)13(15)16-2/h5-8,14H,9-10H2,1-2H3. The third kappa shape index (κ3) is 3.76. The Morgan fingerprint density at radius 1 is 1.38 bits per heavy atom. The van der Waals surface area contributed by atoms with Gasteiger partial charge in [-0.25, -0.2) is 4.79 Å². The Hall–Kier alpha value is -1.79. The van der Waals surface area contributed by atoms with Crippen molar-refractivity contribution in [3.8, 4) is 11.8 Å². The molecule has 0 aromatic heterocycles. The number of benzene rings is 1. The van der Waals surface area contributed by atoms with Gasteiger partial charge in [0.05, 0.1) is 19.2 Å². The molecule has 0 saturated heterocycles. The Bertz CT molecular complexity index is 398. The molecule has 0 saturated carbocycles. The quantitative estimate of drug-likeness (QED) is 0.473. The van der Waals surface area contributed by atoms with Gasteiger partial charge in [-0.2, -0.15) is 0 Å². The molecule has 0 spiro atoms. The van der Waals surface area contributed by atoms with Crippen LogP contribution in [0.1, 0.15) is 22.8 Å². The van der Waals surface area contributed by atoms with E-state index >= 15 is 0 Å². The van der Waals surface area contributed by atoms with Gasteiger partial charge >= 0.3 is 5.97 Å². The van der Waals surface area contributed by atoms with Crippen molar-refractivity contribution in [1.29, 1.82) is 0 Å². The fourth-order valence-corrected chi connectivity index (χ4v) is 1.23. The third-order valence-electron chi connectivity index (χ3n) is 2.09. The highest BCUT2D eigenvalue weighted by molar-refractivity contribution is 5.89. The molecule has 16 heavy (non-hydrogen) atoms. The summed E-state index contributed by atoms with van der Waals surface area (Å²) < 4.78 is 4.62. The zero-order valence-corrected chi connectivity index (χ0v) is 9.54. The maximum absolute atomic E-state index is 11.2. The Morgan fingerprint density at radius 3 is 2.62 bits per heavy atom. The maximum Gasteiger partial charge on any atom is 0.337 e. The molecule has 0 unspecified atom stereocenters. The van der Waals surface area contributed by atoms with Crippen LogP contribution in [0.2, 0.25) is 0 Å². The molecular formula is C13H15NO2. The summed E-state index contributed by atoms with van der Waals surface area (Å²) in [5, 5.41) is 3.18. The lowest BCUT2D eigenvalue weighted by Gasteiger charge is -2.03. The molecular weight excluding hydrogens is 202 g/mol. The SMILES string of the molecule is CC#CCNCc1ccc(C(=O)OC)cc1. The van der Waals surface area contributed by atoms with Crippen LogP contribution in [0.4, 0.5) is 0 Å². The van der Waals surface area contributed by atoms with Crippen molar-refractivity contribution in [1.82, 2.24) is 5.32 Å². The van der Waals surface area contributed by atoms with Crippen molar-refractivity contribution in [3.05, 3.63) is 35.4 Å². The molecule has 0 amide bonds. The van der Waals surface area contributed by atoms with Crippen LogP contribution in [0.15, 0.2) is 24.3 Å². The lowest BCUT2D eigenvalue weighted by molar-refractivity contribution is 0.0600. The highest BCUT2D eigenvalue weighted by Gasteiger charge is 2.03. The van der Waals surface area contributed by atoms with Crippen molar-refractivity contribution >= 4 is 5.97 Å². The molecule has 1 aromatic carbocycles. The highest BCUT2D eigenvalue weighted by atomic mass is 16.5. The van der Waals surface area contributed by atoms with E-state index in [1.54, 1.807) is 12.1 Å². The summed E-state index contributed by atoms with van der Waals surface area (Å²) >= 11 is 0. The number of ether oxygens (including phenoxy) is 1. The van der Waals surface area contributed by atoms with Gasteiger partial charge in [0.2, 0.25) is 0 Å². The predicted molar refractivity (Wildman–Crippen MR) is 62.9 cm³/mol. The van der Waals surface area contributed by atoms with Gasteiger partial charge in [-0.1, -0.05) is 18.1 Å². The Morgan fingerprint density at radius 2 is 2.06 bits per heavy atom. The van der Waals surface area contributed by atoms with Crippen LogP contribution in [-0.2, 0) is 11.3 Å². The highest BCUT2D eigenvalue weighted by Crippen LogP contribution is 2.05. The lowest BCUT2D eigenvalue weighted by Crippen LogP contribution is -2.13. The van der Waals surface area contributed by atoms with Crippen LogP contribution < -0.4 is 5.32 Å². The van der Waals surface area contributed by atoms with E-state index in [4.69, 9.17) is 0 Å². The molecule has 0 atom stereocenters. The fourth-order valence-electron chi connectivity index (χ4n) is 1.23. The molecule has 1 rings (SSSR count). The van der Waals surface area contributed by atoms with Crippen LogP contribution in [0.3, 0.4) is 0 Å². The first kappa shape index (κ1) is 12.3. The van der Waals surface area contributed by atoms with Gasteiger partial charge in [0, 0.05) is 6.54 Å². The number of esters is 1. The van der Waals surface area contributed by atoms with E-state index in [9.17, 15) is 4.79 Å². The van der Waals surface area contributed by atoms with Crippen LogP contribution in [0.5, 0.6) is 0 Å². The molecule has 0 fully saturated rings. The van der Waals surface area contributed by atoms with Crippen molar-refractivity contribution in [2.24, 2.45) is 0 Å². The molecule has 3 nitrogen and oxygen atoms in total. The van der Waals surface area contributed by atoms with E-state index in [1.165, 1.54) is 7.11 Å².